The van der Waals surface area contributed by atoms with Gasteiger partial charge in [-0.25, -0.2) is 14.2 Å². The molecule has 2 aliphatic heterocycles. The lowest BCUT2D eigenvalue weighted by Crippen LogP contribution is -2.70. The lowest BCUT2D eigenvalue weighted by atomic mass is 9.75. The fraction of sp³-hybridized carbons (Fsp3) is 0.483. The maximum atomic E-state index is 13.5. The van der Waals surface area contributed by atoms with Gasteiger partial charge in [-0.2, -0.15) is 0 Å². The number of rotatable bonds is 9. The number of aryl methyl sites for hydroxylation is 1. The number of fused-ring (bicyclic) bond motifs is 1. The molecule has 2 aromatic carbocycles. The normalized spacial score (nSPS) is 21.9. The summed E-state index contributed by atoms with van der Waals surface area (Å²) in [4.78, 5) is 41.7. The maximum absolute atomic E-state index is 13.5. The quantitative estimate of drug-likeness (QED) is 0.508. The predicted octanol–water partition coefficient (Wildman–Crippen LogP) is 3.54. The molecule has 2 aromatic rings. The Kier molecular flexibility index (Phi) is 9.12. The van der Waals surface area contributed by atoms with Crippen LogP contribution in [-0.4, -0.2) is 72.0 Å². The van der Waals surface area contributed by atoms with E-state index in [2.05, 4.69) is 5.32 Å². The van der Waals surface area contributed by atoms with Crippen LogP contribution in [0.2, 0.25) is 0 Å². The Labute approximate surface area is 223 Å². The summed E-state index contributed by atoms with van der Waals surface area (Å²) in [6, 6.07) is 13.2. The van der Waals surface area contributed by atoms with Gasteiger partial charge in [0.25, 0.3) is 0 Å². The smallest absolute Gasteiger partial charge is 0.332 e. The van der Waals surface area contributed by atoms with E-state index in [1.165, 1.54) is 17.7 Å². The van der Waals surface area contributed by atoms with Gasteiger partial charge in [-0.05, 0) is 36.6 Å². The average molecular weight is 525 g/mol. The number of halogens is 1. The third-order valence-electron chi connectivity index (χ3n) is 7.38. The number of nitrogens with one attached hydrogen (secondary N) is 1. The molecule has 0 aromatic heterocycles. The van der Waals surface area contributed by atoms with Crippen LogP contribution >= 0.6 is 0 Å². The molecule has 0 spiro atoms. The van der Waals surface area contributed by atoms with Crippen LogP contribution in [0.15, 0.2) is 48.5 Å². The molecule has 4 rings (SSSR count). The number of urea groups is 1. The highest BCUT2D eigenvalue weighted by molar-refractivity contribution is 5.93. The Morgan fingerprint density at radius 3 is 2.45 bits per heavy atom. The minimum Gasteiger partial charge on any atom is -0.375 e. The molecule has 3 amide bonds. The highest BCUT2D eigenvalue weighted by Crippen LogP contribution is 2.35. The van der Waals surface area contributed by atoms with Gasteiger partial charge in [0.1, 0.15) is 5.82 Å². The molecule has 1 unspecified atom stereocenters. The van der Waals surface area contributed by atoms with Gasteiger partial charge >= 0.3 is 6.03 Å². The van der Waals surface area contributed by atoms with Crippen molar-refractivity contribution < 1.29 is 23.5 Å². The molecule has 0 saturated carbocycles. The summed E-state index contributed by atoms with van der Waals surface area (Å²) in [5.41, 5.74) is 3.01. The summed E-state index contributed by atoms with van der Waals surface area (Å²) in [5.74, 6) is -1.41. The second kappa shape index (κ2) is 12.5. The van der Waals surface area contributed by atoms with Gasteiger partial charge < -0.3 is 15.0 Å². The number of ether oxygens (including phenoxy) is 1. The van der Waals surface area contributed by atoms with Gasteiger partial charge in [-0.3, -0.25) is 14.6 Å². The minimum atomic E-state index is -0.542. The van der Waals surface area contributed by atoms with Crippen molar-refractivity contribution in [3.05, 3.63) is 71.0 Å². The van der Waals surface area contributed by atoms with Crippen molar-refractivity contribution in [1.29, 1.82) is 0 Å². The SMILES string of the molecule is CCC[C@H]1C(=O)N(CCOCc2ccc(C)cc2)C[C@H]2C1C(=O)CN(C)N2C(=O)NCc1ccc(F)cc1. The molecule has 2 saturated heterocycles. The first-order valence-corrected chi connectivity index (χ1v) is 13.3. The number of nitrogens with zero attached hydrogens (tertiary/aromatic N) is 3. The molecule has 204 valence electrons. The van der Waals surface area contributed by atoms with Crippen LogP contribution in [0.3, 0.4) is 0 Å². The van der Waals surface area contributed by atoms with Gasteiger partial charge in [0.15, 0.2) is 5.78 Å². The highest BCUT2D eigenvalue weighted by Gasteiger charge is 2.52. The molecule has 2 fully saturated rings. The van der Waals surface area contributed by atoms with Crippen LogP contribution in [-0.2, 0) is 27.5 Å². The standard InChI is InChI=1S/C29H37FN4O4/c1-4-5-24-27-25(17-33(28(24)36)14-15-38-19-22-8-6-20(2)7-9-22)34(32(3)18-26(27)35)29(37)31-16-21-10-12-23(30)13-11-21/h6-13,24-25,27H,4-5,14-19H2,1-3H3,(H,31,37)/t24-,25+,27?/m1/s1. The largest absolute Gasteiger partial charge is 0.375 e. The predicted molar refractivity (Wildman–Crippen MR) is 141 cm³/mol. The number of hydrogen-bond donors (Lipinski definition) is 1. The van der Waals surface area contributed by atoms with E-state index < -0.39 is 17.9 Å². The molecule has 2 aliphatic rings. The fourth-order valence-electron chi connectivity index (χ4n) is 5.45. The van der Waals surface area contributed by atoms with Crippen LogP contribution in [0.5, 0.6) is 0 Å². The van der Waals surface area contributed by atoms with E-state index in [1.54, 1.807) is 34.1 Å². The minimum absolute atomic E-state index is 0.0119. The number of likely N-dealkylation sites (N-methyl/N-ethyl adjacent to an activating group) is 1. The Bertz CT molecular complexity index is 1120. The summed E-state index contributed by atoms with van der Waals surface area (Å²) in [7, 11) is 1.71. The van der Waals surface area contributed by atoms with Crippen molar-refractivity contribution >= 4 is 17.7 Å². The topological polar surface area (TPSA) is 82.2 Å². The van der Waals surface area contributed by atoms with Gasteiger partial charge in [-0.15, -0.1) is 0 Å². The Hall–Kier alpha value is -3.30. The van der Waals surface area contributed by atoms with E-state index in [-0.39, 0.29) is 43.2 Å². The molecular formula is C29H37FN4O4. The Morgan fingerprint density at radius 2 is 1.76 bits per heavy atom. The molecule has 9 heteroatoms. The molecule has 2 heterocycles. The van der Waals surface area contributed by atoms with E-state index in [1.807, 2.05) is 38.1 Å². The number of hydrazine groups is 1. The lowest BCUT2D eigenvalue weighted by molar-refractivity contribution is -0.166. The summed E-state index contributed by atoms with van der Waals surface area (Å²) >= 11 is 0. The van der Waals surface area contributed by atoms with Crippen molar-refractivity contribution in [2.45, 2.75) is 45.9 Å². The van der Waals surface area contributed by atoms with Crippen molar-refractivity contribution in [2.75, 3.05) is 33.3 Å². The number of benzene rings is 2. The number of amides is 3. The molecule has 1 N–H and O–H groups in total. The number of piperidine rings is 1. The number of hydrogen-bond acceptors (Lipinski definition) is 5. The first-order valence-electron chi connectivity index (χ1n) is 13.3. The van der Waals surface area contributed by atoms with E-state index in [0.29, 0.717) is 26.2 Å². The molecule has 0 radical (unpaired) electrons. The van der Waals surface area contributed by atoms with Gasteiger partial charge in [0.05, 0.1) is 37.6 Å². The van der Waals surface area contributed by atoms with Crippen LogP contribution < -0.4 is 5.32 Å². The highest BCUT2D eigenvalue weighted by atomic mass is 19.1. The zero-order chi connectivity index (χ0) is 27.2. The molecule has 0 aliphatic carbocycles. The van der Waals surface area contributed by atoms with Crippen molar-refractivity contribution in [2.24, 2.45) is 11.8 Å². The van der Waals surface area contributed by atoms with Gasteiger partial charge in [-0.1, -0.05) is 55.3 Å². The zero-order valence-electron chi connectivity index (χ0n) is 22.4. The van der Waals surface area contributed by atoms with E-state index in [0.717, 1.165) is 17.5 Å². The summed E-state index contributed by atoms with van der Waals surface area (Å²) in [6.45, 7) is 5.78. The van der Waals surface area contributed by atoms with Crippen molar-refractivity contribution in [1.82, 2.24) is 20.2 Å². The Balaban J connectivity index is 1.45. The molecule has 3 atom stereocenters. The summed E-state index contributed by atoms with van der Waals surface area (Å²) < 4.78 is 19.1. The lowest BCUT2D eigenvalue weighted by Gasteiger charge is -2.52. The second-order valence-corrected chi connectivity index (χ2v) is 10.2. The summed E-state index contributed by atoms with van der Waals surface area (Å²) in [6.07, 6.45) is 1.35. The Morgan fingerprint density at radius 1 is 1.08 bits per heavy atom. The number of likely N-dealkylation sites (tertiary alicyclic amines) is 1. The monoisotopic (exact) mass is 524 g/mol. The number of carbonyl (C=O) groups excluding carboxylic acids is 3. The van der Waals surface area contributed by atoms with Crippen LogP contribution in [0.4, 0.5) is 9.18 Å². The molecule has 38 heavy (non-hydrogen) atoms. The number of Topliss-reactive ketones (excluding diaryl/α,β-unsaturated/α-hetero) is 1. The fourth-order valence-corrected chi connectivity index (χ4v) is 5.45. The van der Waals surface area contributed by atoms with Gasteiger partial charge in [0, 0.05) is 26.7 Å². The number of carbonyl (C=O) groups is 3. The summed E-state index contributed by atoms with van der Waals surface area (Å²) in [5, 5.41) is 6.12. The van der Waals surface area contributed by atoms with Crippen LogP contribution in [0, 0.1) is 24.6 Å². The van der Waals surface area contributed by atoms with Crippen LogP contribution in [0.1, 0.15) is 36.5 Å². The first kappa shape index (κ1) is 27.7. The molecule has 0 bridgehead atoms. The maximum Gasteiger partial charge on any atom is 0.332 e. The van der Waals surface area contributed by atoms with Crippen molar-refractivity contribution in [3.8, 4) is 0 Å². The number of ketones is 1. The molecule has 8 nitrogen and oxygen atoms in total. The third kappa shape index (κ3) is 6.39. The first-order chi connectivity index (χ1) is 18.3. The van der Waals surface area contributed by atoms with E-state index in [4.69, 9.17) is 4.74 Å². The molecular weight excluding hydrogens is 487 g/mol. The third-order valence-corrected chi connectivity index (χ3v) is 7.38. The van der Waals surface area contributed by atoms with Crippen molar-refractivity contribution in [3.63, 3.8) is 0 Å². The second-order valence-electron chi connectivity index (χ2n) is 10.2. The van der Waals surface area contributed by atoms with E-state index >= 15 is 0 Å². The van der Waals surface area contributed by atoms with E-state index in [9.17, 15) is 18.8 Å². The average Bonchev–Trinajstić information content (AvgIpc) is 2.89. The van der Waals surface area contributed by atoms with Crippen LogP contribution in [0.25, 0.3) is 0 Å². The zero-order valence-corrected chi connectivity index (χ0v) is 22.4. The van der Waals surface area contributed by atoms with Gasteiger partial charge in [0.2, 0.25) is 5.91 Å².